The molecule has 7 heterocycles. The number of barbiturate groups is 1. The van der Waals surface area contributed by atoms with Crippen LogP contribution in [0.5, 0.6) is 5.75 Å². The fourth-order valence-electron chi connectivity index (χ4n) is 10.7. The fraction of sp³-hybridized carbons (Fsp3) is 0.0843. The second kappa shape index (κ2) is 47.3. The summed E-state index contributed by atoms with van der Waals surface area (Å²) >= 11 is 24.6. The van der Waals surface area contributed by atoms with E-state index in [1.165, 1.54) is 150 Å². The minimum atomic E-state index is -1.36. The van der Waals surface area contributed by atoms with Crippen molar-refractivity contribution in [2.24, 2.45) is 0 Å². The molecule has 4 aromatic heterocycles. The van der Waals surface area contributed by atoms with E-state index in [-0.39, 0.29) is 76.9 Å². The van der Waals surface area contributed by atoms with Crippen molar-refractivity contribution in [1.29, 1.82) is 0 Å². The van der Waals surface area contributed by atoms with E-state index in [0.717, 1.165) is 61.3 Å². The van der Waals surface area contributed by atoms with Crippen LogP contribution >= 0.6 is 105 Å². The van der Waals surface area contributed by atoms with E-state index in [4.69, 9.17) is 91.0 Å². The van der Waals surface area contributed by atoms with Gasteiger partial charge in [0.15, 0.2) is 24.7 Å². The number of carboxylic acids is 5. The van der Waals surface area contributed by atoms with Gasteiger partial charge in [-0.15, -0.1) is 30.6 Å². The Morgan fingerprint density at radius 2 is 1.24 bits per heavy atom. The highest BCUT2D eigenvalue weighted by atomic mass is 35.5. The fourth-order valence-corrected chi connectivity index (χ4v) is 16.2. The molecule has 13 N–H and O–H groups in total. The quantitative estimate of drug-likeness (QED) is 0.00433. The number of para-hydroxylation sites is 1. The number of nitrogens with zero attached hydrogens (tertiary/aromatic N) is 9. The van der Waals surface area contributed by atoms with Gasteiger partial charge in [-0.2, -0.15) is 0 Å². The normalized spacial score (nSPS) is 13.3. The van der Waals surface area contributed by atoms with Gasteiger partial charge < -0.3 is 66.3 Å². The number of imide groups is 2. The number of thioether (sulfide) groups is 4. The lowest BCUT2D eigenvalue weighted by Gasteiger charge is -2.16. The summed E-state index contributed by atoms with van der Waals surface area (Å²) in [5.41, 5.74) is 16.0. The van der Waals surface area contributed by atoms with Gasteiger partial charge in [-0.1, -0.05) is 172 Å². The van der Waals surface area contributed by atoms with Gasteiger partial charge in [0.05, 0.1) is 56.5 Å². The van der Waals surface area contributed by atoms with Crippen LogP contribution < -0.4 is 37.5 Å². The third-order valence-electron chi connectivity index (χ3n) is 16.7. The number of nitrogen functional groups attached to an aromatic ring is 2. The number of thiocarbonyl (C=S) groups is 1. The number of amides is 5. The number of nitrogens with one attached hydrogen (secondary N) is 4. The number of halogens is 4. The molecule has 5 amide bonds. The minimum absolute atomic E-state index is 0.0171. The summed E-state index contributed by atoms with van der Waals surface area (Å²) in [5, 5.41) is 89.8. The number of nitro groups is 1. The second-order valence-electron chi connectivity index (χ2n) is 25.7. The number of hydrogen-bond donors (Lipinski definition) is 11. The highest BCUT2D eigenvalue weighted by molar-refractivity contribution is 8.26. The monoisotopic (exact) mass is 1950 g/mol. The molecular formula is C83H63Cl2F2N15O22S7. The number of carboxylic acid groups (broad SMARTS) is 5. The SMILES string of the molecule is COc1ccc([N+](=O)[O-])cc1CSc1nnc(N)s1.Nc1nnc(SCc2ccc(C(=O)O)cc2)s1.O=C(O)CN1C(=O)/C(=C\c2ccc(F)cc2)SC1=S.O=C(O)CSc1nnc(CNc2ccc(F)cc2)n1-c1ccccc1.O=C1NC(=O)C(=Cc2ccc(-c3cc(C(=O)O)ccc3Cl)o2)C(=O)N1.O=C1OC(OC(=O)c2ccccc2)C(Nc2cccc(C(=O)O)c2)=C1Cl. The van der Waals surface area contributed by atoms with E-state index in [1.54, 1.807) is 84.9 Å². The van der Waals surface area contributed by atoms with Crippen molar-refractivity contribution in [3.63, 3.8) is 0 Å². The molecular weight excluding hydrogens is 1890 g/mol. The Hall–Kier alpha value is -14.8. The molecule has 1 unspecified atom stereocenters. The number of cyclic esters (lactones) is 1. The predicted molar refractivity (Wildman–Crippen MR) is 486 cm³/mol. The predicted octanol–water partition coefficient (Wildman–Crippen LogP) is 14.8. The zero-order chi connectivity index (χ0) is 94.5. The van der Waals surface area contributed by atoms with Crippen molar-refractivity contribution in [2.75, 3.05) is 41.5 Å². The van der Waals surface area contributed by atoms with Crippen LogP contribution in [0, 0.1) is 21.7 Å². The second-order valence-corrected chi connectivity index (χ2v) is 33.6. The third-order valence-corrected chi connectivity index (χ3v) is 23.6. The van der Waals surface area contributed by atoms with Gasteiger partial charge in [-0.3, -0.25) is 54.2 Å². The zero-order valence-electron chi connectivity index (χ0n) is 66.6. The number of carbonyl (C=O) groups is 11. The number of nitro benzene ring substituents is 1. The van der Waals surface area contributed by atoms with Crippen LogP contribution in [0.2, 0.25) is 5.02 Å². The molecule has 48 heteroatoms. The Morgan fingerprint density at radius 1 is 0.649 bits per heavy atom. The molecule has 2 fully saturated rings. The van der Waals surface area contributed by atoms with Crippen LogP contribution in [0.15, 0.2) is 246 Å². The van der Waals surface area contributed by atoms with Crippen LogP contribution in [0.4, 0.5) is 40.9 Å². The molecule has 37 nitrogen and oxygen atoms in total. The van der Waals surface area contributed by atoms with Crippen molar-refractivity contribution in [1.82, 2.24) is 50.7 Å². The maximum atomic E-state index is 13.0. The molecule has 672 valence electrons. The molecule has 15 rings (SSSR count). The van der Waals surface area contributed by atoms with Crippen molar-refractivity contribution in [3.05, 3.63) is 305 Å². The molecule has 131 heavy (non-hydrogen) atoms. The molecule has 3 aliphatic heterocycles. The Morgan fingerprint density at radius 3 is 1.83 bits per heavy atom. The van der Waals surface area contributed by atoms with E-state index in [1.807, 2.05) is 45.5 Å². The first-order chi connectivity index (χ1) is 62.6. The number of non-ortho nitro benzene ring substituents is 1. The number of furan rings is 1. The molecule has 0 spiro atoms. The smallest absolute Gasteiger partial charge is 0.355 e. The zero-order valence-corrected chi connectivity index (χ0v) is 73.9. The summed E-state index contributed by atoms with van der Waals surface area (Å²) in [4.78, 5) is 136. The Labute approximate surface area is 777 Å². The Balaban J connectivity index is 0.000000164. The maximum absolute atomic E-state index is 13.0. The summed E-state index contributed by atoms with van der Waals surface area (Å²) < 4.78 is 50.1. The van der Waals surface area contributed by atoms with E-state index < -0.39 is 83.3 Å². The van der Waals surface area contributed by atoms with Crippen LogP contribution in [-0.4, -0.2) is 166 Å². The Bertz CT molecular complexity index is 6370. The minimum Gasteiger partial charge on any atom is -0.496 e. The lowest BCUT2D eigenvalue weighted by atomic mass is 10.1. The number of hydrogen-bond acceptors (Lipinski definition) is 34. The number of nitrogens with two attached hydrogens (primary N) is 2. The summed E-state index contributed by atoms with van der Waals surface area (Å²) in [7, 11) is 1.53. The topological polar surface area (TPSA) is 559 Å². The van der Waals surface area contributed by atoms with Crippen LogP contribution in [0.1, 0.15) is 69.7 Å². The summed E-state index contributed by atoms with van der Waals surface area (Å²) in [6.07, 6.45) is 1.35. The molecule has 8 aromatic carbocycles. The van der Waals surface area contributed by atoms with Crippen molar-refractivity contribution in [3.8, 4) is 22.8 Å². The van der Waals surface area contributed by atoms with Gasteiger partial charge in [-0.25, -0.2) is 37.5 Å². The standard InChI is InChI=1S/C18H12ClNO6.C17H15FN4O2S.C16H9ClN2O6.C12H8FNO3S2.C10H10N4O3S2.C10H9N3O2S2/c19-13-14(20-12-8-4-7-11(9-12)15(21)22)18(26-17(13)24)25-16(23)10-5-2-1-3-6-10;18-12-6-8-13(9-7-12)19-10-15-20-21-17(25-11-16(23)24)22(15)14-4-2-1-3-5-14;17-11-3-1-7(15(22)23)5-9(11)12-4-2-8(25-12)6-10-13(20)18-16(24)19-14(10)21;13-8-3-1-7(2-4-8)5-9-11(17)14(6-10(15)16)12(18)19-9;1-17-8-3-2-7(14(15)16)4-6(8)5-18-10-13-12-9(11)19-10;11-9-12-13-10(17-9)16-5-6-1-3-7(4-2-6)8(14)15/h1-9,18,20H,(H,21,22);1-9,19H,10-11H2,(H,23,24);1-6H,(H,22,23)(H2,18,19,20,21,24);1-5H,6H2,(H,15,16);2-4H,5H2,1H3,(H2,11,12);1-4H,5H2,(H2,11,12)(H,14,15)/b;;;9-5+;;. The lowest BCUT2D eigenvalue weighted by Crippen LogP contribution is -2.51. The van der Waals surface area contributed by atoms with Crippen LogP contribution in [0.25, 0.3) is 29.2 Å². The first kappa shape index (κ1) is 98.4. The first-order valence-electron chi connectivity index (χ1n) is 36.8. The van der Waals surface area contributed by atoms with Crippen molar-refractivity contribution in [2.45, 2.75) is 38.2 Å². The maximum Gasteiger partial charge on any atom is 0.355 e. The van der Waals surface area contributed by atoms with Crippen molar-refractivity contribution < 1.29 is 111 Å². The number of esters is 2. The molecule has 2 saturated heterocycles. The van der Waals surface area contributed by atoms with Gasteiger partial charge in [-0.05, 0) is 151 Å². The van der Waals surface area contributed by atoms with Gasteiger partial charge in [0, 0.05) is 51.8 Å². The summed E-state index contributed by atoms with van der Waals surface area (Å²) in [6.45, 7) is -0.0907. The van der Waals surface area contributed by atoms with Gasteiger partial charge in [0.1, 0.15) is 51.0 Å². The molecule has 1 atom stereocenters. The summed E-state index contributed by atoms with van der Waals surface area (Å²) in [6, 6.07) is 52.6. The first-order valence-corrected chi connectivity index (χ1v) is 43.3. The van der Waals surface area contributed by atoms with E-state index >= 15 is 0 Å². The molecule has 0 radical (unpaired) electrons. The van der Waals surface area contributed by atoms with Crippen molar-refractivity contribution >= 4 is 214 Å². The van der Waals surface area contributed by atoms with Crippen LogP contribution in [-0.2, 0) is 56.3 Å². The number of urea groups is 1. The van der Waals surface area contributed by atoms with E-state index in [2.05, 4.69) is 41.2 Å². The number of ether oxygens (including phenoxy) is 3. The Kier molecular flexibility index (Phi) is 35.5. The van der Waals surface area contributed by atoms with Gasteiger partial charge in [0.25, 0.3) is 29.7 Å². The third kappa shape index (κ3) is 29.1. The van der Waals surface area contributed by atoms with E-state index in [0.29, 0.717) is 76.7 Å². The van der Waals surface area contributed by atoms with Gasteiger partial charge in [0.2, 0.25) is 10.3 Å². The summed E-state index contributed by atoms with van der Waals surface area (Å²) in [5.74, 6) is -6.79. The van der Waals surface area contributed by atoms with Gasteiger partial charge >= 0.3 is 47.8 Å². The molecule has 0 aliphatic carbocycles. The van der Waals surface area contributed by atoms with E-state index in [9.17, 15) is 71.6 Å². The molecule has 0 saturated carbocycles. The number of aromatic carboxylic acids is 3. The number of benzene rings is 8. The number of anilines is 4. The lowest BCUT2D eigenvalue weighted by molar-refractivity contribution is -0.384. The highest BCUT2D eigenvalue weighted by Crippen LogP contribution is 2.37. The number of aliphatic carboxylic acids is 2. The number of carbonyl (C=O) groups excluding carboxylic acids is 6. The molecule has 12 aromatic rings. The molecule has 0 bridgehead atoms. The highest BCUT2D eigenvalue weighted by Gasteiger charge is 2.38. The number of aromatic nitrogens is 7. The largest absolute Gasteiger partial charge is 0.496 e. The van der Waals surface area contributed by atoms with Crippen LogP contribution in [0.3, 0.4) is 0 Å². The molecule has 3 aliphatic rings. The average Bonchev–Trinajstić information content (AvgIpc) is 1.66. The number of rotatable bonds is 27. The average molecular weight is 1960 g/mol. The number of methoxy groups -OCH3 is 1.